The number of benzene rings is 2. The van der Waals surface area contributed by atoms with E-state index in [1.54, 1.807) is 0 Å². The maximum absolute atomic E-state index is 12.5. The molecule has 8 nitrogen and oxygen atoms in total. The van der Waals surface area contributed by atoms with Gasteiger partial charge in [-0.1, -0.05) is 25.1 Å². The molecule has 0 bridgehead atoms. The molecule has 0 aliphatic rings. The summed E-state index contributed by atoms with van der Waals surface area (Å²) < 4.78 is 5.15. The molecule has 28 heavy (non-hydrogen) atoms. The third-order valence-corrected chi connectivity index (χ3v) is 4.11. The minimum absolute atomic E-state index is 0.146. The number of aryl methyl sites for hydroxylation is 2. The zero-order chi connectivity index (χ0) is 20.7. The second kappa shape index (κ2) is 9.19. The summed E-state index contributed by atoms with van der Waals surface area (Å²) >= 11 is 0. The molecule has 0 aliphatic heterocycles. The van der Waals surface area contributed by atoms with Crippen molar-refractivity contribution in [2.75, 3.05) is 17.7 Å². The van der Waals surface area contributed by atoms with Crippen LogP contribution in [0.4, 0.5) is 17.1 Å². The number of nitro groups is 1. The highest BCUT2D eigenvalue weighted by atomic mass is 16.6. The first-order chi connectivity index (χ1) is 13.4. The molecular formula is C20H20N4O4. The van der Waals surface area contributed by atoms with Crippen LogP contribution in [0.15, 0.2) is 48.2 Å². The van der Waals surface area contributed by atoms with Crippen molar-refractivity contribution in [2.45, 2.75) is 20.3 Å². The fourth-order valence-electron chi connectivity index (χ4n) is 2.60. The Morgan fingerprint density at radius 2 is 2.11 bits per heavy atom. The number of carbonyl (C=O) groups excluding carboxylic acids is 1. The number of rotatable bonds is 7. The Balaban J connectivity index is 2.28. The Morgan fingerprint density at radius 1 is 1.36 bits per heavy atom. The van der Waals surface area contributed by atoms with E-state index in [9.17, 15) is 20.2 Å². The third-order valence-electron chi connectivity index (χ3n) is 4.11. The number of carbonyl (C=O) groups is 1. The SMILES string of the molecule is CCc1cccc(C)c1NC(=O)/C(C#N)=C\Nc1cc([N+](=O)[O-])ccc1OC. The van der Waals surface area contributed by atoms with E-state index in [0.717, 1.165) is 17.5 Å². The Labute approximate surface area is 162 Å². The molecule has 2 aromatic carbocycles. The number of amides is 1. The number of ether oxygens (including phenoxy) is 1. The standard InChI is InChI=1S/C20H20N4O4/c1-4-14-7-5-6-13(2)19(14)23-20(25)15(11-21)12-22-17-10-16(24(26)27)8-9-18(17)28-3/h5-10,12,22H,4H2,1-3H3,(H,23,25)/b15-12-. The number of anilines is 2. The molecule has 2 rings (SSSR count). The van der Waals surface area contributed by atoms with Crippen LogP contribution in [-0.4, -0.2) is 17.9 Å². The molecule has 0 spiro atoms. The number of hydrogen-bond donors (Lipinski definition) is 2. The number of para-hydroxylation sites is 1. The summed E-state index contributed by atoms with van der Waals surface area (Å²) in [7, 11) is 1.42. The van der Waals surface area contributed by atoms with Gasteiger partial charge in [0.1, 0.15) is 17.4 Å². The summed E-state index contributed by atoms with van der Waals surface area (Å²) in [5.74, 6) is -0.241. The summed E-state index contributed by atoms with van der Waals surface area (Å²) in [5, 5.41) is 25.8. The van der Waals surface area contributed by atoms with Gasteiger partial charge in [-0.3, -0.25) is 14.9 Å². The molecule has 144 valence electrons. The predicted molar refractivity (Wildman–Crippen MR) is 106 cm³/mol. The quantitative estimate of drug-likeness (QED) is 0.325. The molecule has 2 N–H and O–H groups in total. The molecule has 2 aromatic rings. The second-order valence-electron chi connectivity index (χ2n) is 5.87. The van der Waals surface area contributed by atoms with Gasteiger partial charge in [-0.2, -0.15) is 5.26 Å². The summed E-state index contributed by atoms with van der Waals surface area (Å²) in [6, 6.07) is 11.5. The normalized spacial score (nSPS) is 10.7. The average Bonchev–Trinajstić information content (AvgIpc) is 2.69. The lowest BCUT2D eigenvalue weighted by atomic mass is 10.1. The minimum Gasteiger partial charge on any atom is -0.495 e. The highest BCUT2D eigenvalue weighted by Gasteiger charge is 2.15. The molecule has 0 saturated heterocycles. The van der Waals surface area contributed by atoms with Crippen LogP contribution in [0.3, 0.4) is 0 Å². The van der Waals surface area contributed by atoms with Gasteiger partial charge in [0.05, 0.1) is 17.7 Å². The number of hydrogen-bond acceptors (Lipinski definition) is 6. The molecular weight excluding hydrogens is 360 g/mol. The average molecular weight is 380 g/mol. The second-order valence-corrected chi connectivity index (χ2v) is 5.87. The number of nitriles is 1. The zero-order valence-electron chi connectivity index (χ0n) is 15.8. The van der Waals surface area contributed by atoms with Crippen LogP contribution < -0.4 is 15.4 Å². The van der Waals surface area contributed by atoms with Gasteiger partial charge in [0.2, 0.25) is 0 Å². The Kier molecular flexibility index (Phi) is 6.71. The Morgan fingerprint density at radius 3 is 2.71 bits per heavy atom. The van der Waals surface area contributed by atoms with Gasteiger partial charge in [0.15, 0.2) is 0 Å². The van der Waals surface area contributed by atoms with E-state index < -0.39 is 10.8 Å². The molecule has 1 amide bonds. The monoisotopic (exact) mass is 380 g/mol. The van der Waals surface area contributed by atoms with Gasteiger partial charge < -0.3 is 15.4 Å². The molecule has 8 heteroatoms. The van der Waals surface area contributed by atoms with Crippen molar-refractivity contribution in [3.63, 3.8) is 0 Å². The molecule has 0 aromatic heterocycles. The molecule has 0 aliphatic carbocycles. The number of methoxy groups -OCH3 is 1. The highest BCUT2D eigenvalue weighted by Crippen LogP contribution is 2.29. The van der Waals surface area contributed by atoms with Crippen LogP contribution in [0, 0.1) is 28.4 Å². The van der Waals surface area contributed by atoms with Crippen molar-refractivity contribution in [2.24, 2.45) is 0 Å². The van der Waals surface area contributed by atoms with E-state index in [2.05, 4.69) is 10.6 Å². The van der Waals surface area contributed by atoms with Crippen molar-refractivity contribution >= 4 is 23.0 Å². The van der Waals surface area contributed by atoms with Gasteiger partial charge in [-0.15, -0.1) is 0 Å². The fraction of sp³-hybridized carbons (Fsp3) is 0.200. The van der Waals surface area contributed by atoms with Crippen LogP contribution in [0.2, 0.25) is 0 Å². The van der Waals surface area contributed by atoms with Gasteiger partial charge in [-0.05, 0) is 30.5 Å². The zero-order valence-corrected chi connectivity index (χ0v) is 15.8. The van der Waals surface area contributed by atoms with Crippen molar-refractivity contribution in [1.29, 1.82) is 5.26 Å². The van der Waals surface area contributed by atoms with E-state index in [-0.39, 0.29) is 16.9 Å². The molecule has 0 atom stereocenters. The molecule has 0 saturated carbocycles. The number of non-ortho nitro benzene ring substituents is 1. The predicted octanol–water partition coefficient (Wildman–Crippen LogP) is 3.93. The minimum atomic E-state index is -0.580. The van der Waals surface area contributed by atoms with E-state index in [4.69, 9.17) is 4.74 Å². The Hall–Kier alpha value is -3.86. The summed E-state index contributed by atoms with van der Waals surface area (Å²) in [6.45, 7) is 3.85. The Bertz CT molecular complexity index is 977. The smallest absolute Gasteiger partial charge is 0.271 e. The van der Waals surface area contributed by atoms with Crippen molar-refractivity contribution < 1.29 is 14.5 Å². The summed E-state index contributed by atoms with van der Waals surface area (Å²) in [5.41, 5.74) is 2.45. The van der Waals surface area contributed by atoms with E-state index in [1.807, 2.05) is 38.1 Å². The third kappa shape index (κ3) is 4.65. The van der Waals surface area contributed by atoms with Gasteiger partial charge in [-0.25, -0.2) is 0 Å². The molecule has 0 unspecified atom stereocenters. The van der Waals surface area contributed by atoms with Crippen LogP contribution >= 0.6 is 0 Å². The van der Waals surface area contributed by atoms with E-state index >= 15 is 0 Å². The molecule has 0 heterocycles. The van der Waals surface area contributed by atoms with Crippen LogP contribution in [0.1, 0.15) is 18.1 Å². The molecule has 0 fully saturated rings. The summed E-state index contributed by atoms with van der Waals surface area (Å²) in [4.78, 5) is 22.9. The number of nitrogens with one attached hydrogen (secondary N) is 2. The van der Waals surface area contributed by atoms with E-state index in [1.165, 1.54) is 31.5 Å². The van der Waals surface area contributed by atoms with Crippen molar-refractivity contribution in [3.8, 4) is 11.8 Å². The summed E-state index contributed by atoms with van der Waals surface area (Å²) in [6.07, 6.45) is 1.92. The van der Waals surface area contributed by atoms with Crippen LogP contribution in [0.25, 0.3) is 0 Å². The fourth-order valence-corrected chi connectivity index (χ4v) is 2.60. The number of nitrogens with zero attached hydrogens (tertiary/aromatic N) is 2. The first kappa shape index (κ1) is 20.5. The first-order valence-corrected chi connectivity index (χ1v) is 8.50. The van der Waals surface area contributed by atoms with E-state index in [0.29, 0.717) is 11.4 Å². The number of nitro benzene ring substituents is 1. The molecule has 0 radical (unpaired) electrons. The van der Waals surface area contributed by atoms with Crippen LogP contribution in [-0.2, 0) is 11.2 Å². The maximum Gasteiger partial charge on any atom is 0.271 e. The van der Waals surface area contributed by atoms with Crippen LogP contribution in [0.5, 0.6) is 5.75 Å². The highest BCUT2D eigenvalue weighted by molar-refractivity contribution is 6.07. The maximum atomic E-state index is 12.5. The first-order valence-electron chi connectivity index (χ1n) is 8.50. The van der Waals surface area contributed by atoms with Crippen molar-refractivity contribution in [1.82, 2.24) is 0 Å². The lowest BCUT2D eigenvalue weighted by Gasteiger charge is -2.13. The lowest BCUT2D eigenvalue weighted by molar-refractivity contribution is -0.384. The van der Waals surface area contributed by atoms with Crippen molar-refractivity contribution in [3.05, 3.63) is 69.4 Å². The van der Waals surface area contributed by atoms with Gasteiger partial charge >= 0.3 is 0 Å². The lowest BCUT2D eigenvalue weighted by Crippen LogP contribution is -2.16. The topological polar surface area (TPSA) is 117 Å². The largest absolute Gasteiger partial charge is 0.495 e. The van der Waals surface area contributed by atoms with Gasteiger partial charge in [0.25, 0.3) is 11.6 Å². The van der Waals surface area contributed by atoms with Gasteiger partial charge in [0, 0.05) is 24.0 Å².